The molecule has 2 aromatic rings. The summed E-state index contributed by atoms with van der Waals surface area (Å²) in [4.78, 5) is 14.9. The Bertz CT molecular complexity index is 551. The molecule has 1 aromatic carbocycles. The first-order valence-corrected chi connectivity index (χ1v) is 5.49. The number of carbonyl (C=O) groups is 1. The predicted molar refractivity (Wildman–Crippen MR) is 70.9 cm³/mol. The van der Waals surface area contributed by atoms with Gasteiger partial charge in [0.25, 0.3) is 5.91 Å². The van der Waals surface area contributed by atoms with Gasteiger partial charge in [-0.1, -0.05) is 12.1 Å². The van der Waals surface area contributed by atoms with Crippen LogP contribution in [0.25, 0.3) is 0 Å². The lowest BCUT2D eigenvalue weighted by atomic mass is 10.2. The minimum Gasteiger partial charge on any atom is -0.399 e. The smallest absolute Gasteiger partial charge is 0.267 e. The summed E-state index contributed by atoms with van der Waals surface area (Å²) in [7, 11) is 0. The van der Waals surface area contributed by atoms with E-state index in [1.54, 1.807) is 18.3 Å². The van der Waals surface area contributed by atoms with Gasteiger partial charge in [-0.15, -0.1) is 0 Å². The number of primary amides is 1. The number of nitrogen functional groups attached to an aromatic ring is 1. The molecule has 0 radical (unpaired) electrons. The monoisotopic (exact) mass is 242 g/mol. The number of pyridine rings is 1. The normalized spacial score (nSPS) is 10.0. The Balaban J connectivity index is 2.04. The number of benzene rings is 1. The highest BCUT2D eigenvalue weighted by atomic mass is 16.1. The molecule has 0 bridgehead atoms. The fourth-order valence-electron chi connectivity index (χ4n) is 1.51. The van der Waals surface area contributed by atoms with Crippen molar-refractivity contribution in [2.75, 3.05) is 11.1 Å². The van der Waals surface area contributed by atoms with Crippen LogP contribution in [0.1, 0.15) is 16.1 Å². The fourth-order valence-corrected chi connectivity index (χ4v) is 1.51. The number of nitrogens with two attached hydrogens (primary N) is 2. The first kappa shape index (κ1) is 11.9. The Morgan fingerprint density at radius 2 is 1.94 bits per heavy atom. The fraction of sp³-hybridized carbons (Fsp3) is 0.0769. The topological polar surface area (TPSA) is 94.0 Å². The summed E-state index contributed by atoms with van der Waals surface area (Å²) in [5, 5.41) is 3.19. The van der Waals surface area contributed by atoms with E-state index in [9.17, 15) is 4.79 Å². The maximum Gasteiger partial charge on any atom is 0.267 e. The lowest BCUT2D eigenvalue weighted by Crippen LogP contribution is -2.13. The predicted octanol–water partition coefficient (Wildman–Crippen LogP) is 1.37. The average molecular weight is 242 g/mol. The zero-order valence-electron chi connectivity index (χ0n) is 9.76. The molecule has 2 rings (SSSR count). The molecule has 0 aliphatic heterocycles. The molecule has 0 saturated heterocycles. The summed E-state index contributed by atoms with van der Waals surface area (Å²) in [6, 6.07) is 11.0. The van der Waals surface area contributed by atoms with E-state index in [1.165, 1.54) is 0 Å². The van der Waals surface area contributed by atoms with Crippen molar-refractivity contribution in [1.29, 1.82) is 0 Å². The van der Waals surface area contributed by atoms with E-state index >= 15 is 0 Å². The largest absolute Gasteiger partial charge is 0.399 e. The first-order valence-electron chi connectivity index (χ1n) is 5.49. The Morgan fingerprint density at radius 1 is 1.22 bits per heavy atom. The van der Waals surface area contributed by atoms with Gasteiger partial charge in [0.2, 0.25) is 0 Å². The number of nitrogens with zero attached hydrogens (tertiary/aromatic N) is 1. The third kappa shape index (κ3) is 2.98. The average Bonchev–Trinajstić information content (AvgIpc) is 2.38. The summed E-state index contributed by atoms with van der Waals surface area (Å²) in [6.07, 6.45) is 1.55. The van der Waals surface area contributed by atoms with Gasteiger partial charge in [0, 0.05) is 24.1 Å². The minimum absolute atomic E-state index is 0.248. The van der Waals surface area contributed by atoms with Crippen molar-refractivity contribution in [3.05, 3.63) is 53.9 Å². The van der Waals surface area contributed by atoms with Crippen LogP contribution in [0, 0.1) is 0 Å². The molecule has 0 unspecified atom stereocenters. The van der Waals surface area contributed by atoms with E-state index in [2.05, 4.69) is 10.3 Å². The first-order chi connectivity index (χ1) is 8.65. The van der Waals surface area contributed by atoms with Crippen molar-refractivity contribution >= 4 is 17.3 Å². The van der Waals surface area contributed by atoms with Crippen molar-refractivity contribution in [3.63, 3.8) is 0 Å². The van der Waals surface area contributed by atoms with Crippen LogP contribution >= 0.6 is 0 Å². The van der Waals surface area contributed by atoms with Crippen LogP contribution < -0.4 is 16.8 Å². The van der Waals surface area contributed by atoms with Gasteiger partial charge >= 0.3 is 0 Å². The van der Waals surface area contributed by atoms with E-state index in [4.69, 9.17) is 11.5 Å². The number of hydrogen-bond donors (Lipinski definition) is 3. The zero-order chi connectivity index (χ0) is 13.0. The molecule has 0 fully saturated rings. The highest BCUT2D eigenvalue weighted by molar-refractivity contribution is 5.91. The molecular weight excluding hydrogens is 228 g/mol. The van der Waals surface area contributed by atoms with Crippen LogP contribution in [-0.2, 0) is 6.54 Å². The van der Waals surface area contributed by atoms with Crippen LogP contribution in [0.5, 0.6) is 0 Å². The lowest BCUT2D eigenvalue weighted by Gasteiger charge is -2.07. The quantitative estimate of drug-likeness (QED) is 0.706. The van der Waals surface area contributed by atoms with E-state index in [-0.39, 0.29) is 5.69 Å². The lowest BCUT2D eigenvalue weighted by molar-refractivity contribution is 0.0995. The van der Waals surface area contributed by atoms with Crippen molar-refractivity contribution < 1.29 is 4.79 Å². The maximum absolute atomic E-state index is 11.0. The van der Waals surface area contributed by atoms with Gasteiger partial charge < -0.3 is 16.8 Å². The molecule has 0 aliphatic rings. The summed E-state index contributed by atoms with van der Waals surface area (Å²) in [5.41, 5.74) is 13.7. The van der Waals surface area contributed by atoms with Crippen LogP contribution in [0.3, 0.4) is 0 Å². The SMILES string of the molecule is NC(=O)c1cc(NCc2ccc(N)cc2)ccn1. The van der Waals surface area contributed by atoms with Gasteiger partial charge in [0.05, 0.1) is 0 Å². The summed E-state index contributed by atoms with van der Waals surface area (Å²) in [6.45, 7) is 0.641. The molecule has 5 N–H and O–H groups in total. The minimum atomic E-state index is -0.536. The zero-order valence-corrected chi connectivity index (χ0v) is 9.76. The van der Waals surface area contributed by atoms with Gasteiger partial charge in [-0.25, -0.2) is 0 Å². The van der Waals surface area contributed by atoms with Gasteiger partial charge in [0.1, 0.15) is 5.69 Å². The molecular formula is C13H14N4O. The third-order valence-electron chi connectivity index (χ3n) is 2.49. The molecule has 1 amide bonds. The molecule has 5 heteroatoms. The Kier molecular flexibility index (Phi) is 3.43. The molecule has 0 aliphatic carbocycles. The van der Waals surface area contributed by atoms with Crippen molar-refractivity contribution in [1.82, 2.24) is 4.98 Å². The van der Waals surface area contributed by atoms with E-state index in [0.29, 0.717) is 6.54 Å². The van der Waals surface area contributed by atoms with E-state index in [0.717, 1.165) is 16.9 Å². The number of rotatable bonds is 4. The van der Waals surface area contributed by atoms with Crippen LogP contribution in [0.2, 0.25) is 0 Å². The Morgan fingerprint density at radius 3 is 2.61 bits per heavy atom. The van der Waals surface area contributed by atoms with E-state index in [1.807, 2.05) is 24.3 Å². The standard InChI is InChI=1S/C13H14N4O/c14-10-3-1-9(2-4-10)8-17-11-5-6-16-12(7-11)13(15)18/h1-7H,8,14H2,(H2,15,18)(H,16,17). The van der Waals surface area contributed by atoms with Crippen molar-refractivity contribution in [2.45, 2.75) is 6.54 Å². The number of amides is 1. The molecule has 5 nitrogen and oxygen atoms in total. The van der Waals surface area contributed by atoms with E-state index < -0.39 is 5.91 Å². The van der Waals surface area contributed by atoms with Crippen LogP contribution in [0.15, 0.2) is 42.6 Å². The second kappa shape index (κ2) is 5.18. The second-order valence-corrected chi connectivity index (χ2v) is 3.89. The molecule has 0 spiro atoms. The number of nitrogens with one attached hydrogen (secondary N) is 1. The number of aromatic nitrogens is 1. The van der Waals surface area contributed by atoms with Gasteiger partial charge in [0.15, 0.2) is 0 Å². The van der Waals surface area contributed by atoms with Crippen molar-refractivity contribution in [2.24, 2.45) is 5.73 Å². The summed E-state index contributed by atoms with van der Waals surface area (Å²) >= 11 is 0. The number of hydrogen-bond acceptors (Lipinski definition) is 4. The second-order valence-electron chi connectivity index (χ2n) is 3.89. The Hall–Kier alpha value is -2.56. The van der Waals surface area contributed by atoms with Crippen LogP contribution in [-0.4, -0.2) is 10.9 Å². The maximum atomic E-state index is 11.0. The molecule has 0 atom stereocenters. The van der Waals surface area contributed by atoms with Gasteiger partial charge in [-0.05, 0) is 29.8 Å². The molecule has 18 heavy (non-hydrogen) atoms. The molecule has 1 heterocycles. The summed E-state index contributed by atoms with van der Waals surface area (Å²) < 4.78 is 0. The molecule has 92 valence electrons. The van der Waals surface area contributed by atoms with Gasteiger partial charge in [-0.3, -0.25) is 9.78 Å². The number of carbonyl (C=O) groups excluding carboxylic acids is 1. The van der Waals surface area contributed by atoms with Crippen molar-refractivity contribution in [3.8, 4) is 0 Å². The third-order valence-corrected chi connectivity index (χ3v) is 2.49. The molecule has 1 aromatic heterocycles. The highest BCUT2D eigenvalue weighted by Crippen LogP contribution is 2.11. The van der Waals surface area contributed by atoms with Crippen LogP contribution in [0.4, 0.5) is 11.4 Å². The molecule has 0 saturated carbocycles. The van der Waals surface area contributed by atoms with Gasteiger partial charge in [-0.2, -0.15) is 0 Å². The Labute approximate surface area is 105 Å². The number of anilines is 2. The highest BCUT2D eigenvalue weighted by Gasteiger charge is 2.02. The summed E-state index contributed by atoms with van der Waals surface area (Å²) in [5.74, 6) is -0.536.